The molecule has 1 aliphatic rings. The van der Waals surface area contributed by atoms with Gasteiger partial charge in [0.1, 0.15) is 5.60 Å². The molecule has 1 rings (SSSR count). The second-order valence-corrected chi connectivity index (χ2v) is 6.85. The minimum Gasteiger partial charge on any atom is -0.444 e. The summed E-state index contributed by atoms with van der Waals surface area (Å²) < 4.78 is 10.8. The molecule has 0 aromatic carbocycles. The molecule has 3 atom stereocenters. The third-order valence-corrected chi connectivity index (χ3v) is 3.81. The molecule has 0 aliphatic carbocycles. The van der Waals surface area contributed by atoms with E-state index in [-0.39, 0.29) is 26.1 Å². The Hall–Kier alpha value is -0.870. The zero-order chi connectivity index (χ0) is 14.5. The molecule has 0 aromatic heterocycles. The van der Waals surface area contributed by atoms with Crippen LogP contribution in [0.2, 0.25) is 0 Å². The first kappa shape index (κ1) is 16.2. The number of amides is 2. The highest BCUT2D eigenvalue weighted by Gasteiger charge is 2.26. The van der Waals surface area contributed by atoms with Gasteiger partial charge in [0, 0.05) is 15.6 Å². The largest absolute Gasteiger partial charge is 0.444 e. The average Bonchev–Trinajstić information content (AvgIpc) is 2.29. The summed E-state index contributed by atoms with van der Waals surface area (Å²) in [7, 11) is 1.73. The molecular formula is C12H23N2O4P. The second kappa shape index (κ2) is 7.06. The van der Waals surface area contributed by atoms with Crippen molar-refractivity contribution in [2.24, 2.45) is 0 Å². The Labute approximate surface area is 115 Å². The van der Waals surface area contributed by atoms with Crippen LogP contribution in [-0.4, -0.2) is 42.9 Å². The van der Waals surface area contributed by atoms with Crippen LogP contribution in [-0.2, 0) is 9.47 Å². The molecule has 2 amide bonds. The molecule has 110 valence electrons. The van der Waals surface area contributed by atoms with Crippen molar-refractivity contribution in [1.82, 2.24) is 10.6 Å². The Bertz CT molecular complexity index is 322. The van der Waals surface area contributed by atoms with E-state index in [2.05, 4.69) is 10.6 Å². The van der Waals surface area contributed by atoms with E-state index in [1.54, 1.807) is 7.05 Å². The molecule has 1 aliphatic heterocycles. The standard InChI is InChI=1S/C12H23N2O4P/c1-12(2,3)18-10(15)14-8-5-6-9(17-7-8)19-11(16)13-4/h8-9,19H,5-7H2,1-4H3,(H,13,16)(H,14,15)/t8-,9-/m1/s1. The Balaban J connectivity index is 2.26. The highest BCUT2D eigenvalue weighted by molar-refractivity contribution is 7.58. The number of alkyl carbamates (subject to hydrolysis) is 1. The van der Waals surface area contributed by atoms with Crippen LogP contribution in [0.25, 0.3) is 0 Å². The maximum Gasteiger partial charge on any atom is 0.407 e. The van der Waals surface area contributed by atoms with Crippen molar-refractivity contribution in [3.63, 3.8) is 0 Å². The van der Waals surface area contributed by atoms with E-state index >= 15 is 0 Å². The highest BCUT2D eigenvalue weighted by Crippen LogP contribution is 2.29. The van der Waals surface area contributed by atoms with Gasteiger partial charge in [-0.25, -0.2) is 4.79 Å². The third kappa shape index (κ3) is 6.73. The van der Waals surface area contributed by atoms with E-state index in [1.807, 2.05) is 20.8 Å². The molecule has 19 heavy (non-hydrogen) atoms. The van der Waals surface area contributed by atoms with Gasteiger partial charge in [0.05, 0.1) is 18.5 Å². The fourth-order valence-electron chi connectivity index (χ4n) is 1.67. The average molecular weight is 290 g/mol. The molecule has 2 N–H and O–H groups in total. The minimum atomic E-state index is -0.497. The Morgan fingerprint density at radius 2 is 2.00 bits per heavy atom. The number of hydrogen-bond donors (Lipinski definition) is 2. The summed E-state index contributed by atoms with van der Waals surface area (Å²) in [5.41, 5.74) is -0.494. The quantitative estimate of drug-likeness (QED) is 0.780. The van der Waals surface area contributed by atoms with Gasteiger partial charge in [0.2, 0.25) is 5.65 Å². The van der Waals surface area contributed by atoms with Crippen molar-refractivity contribution in [3.8, 4) is 0 Å². The van der Waals surface area contributed by atoms with Gasteiger partial charge in [-0.05, 0) is 33.6 Å². The van der Waals surface area contributed by atoms with Gasteiger partial charge < -0.3 is 20.1 Å². The minimum absolute atomic E-state index is 0.00329. The van der Waals surface area contributed by atoms with E-state index in [4.69, 9.17) is 9.47 Å². The third-order valence-electron chi connectivity index (χ3n) is 2.52. The van der Waals surface area contributed by atoms with Crippen LogP contribution in [0, 0.1) is 0 Å². The number of carbonyl (C=O) groups excluding carboxylic acids is 2. The lowest BCUT2D eigenvalue weighted by Crippen LogP contribution is -2.44. The molecular weight excluding hydrogens is 267 g/mol. The van der Waals surface area contributed by atoms with Crippen LogP contribution in [0.5, 0.6) is 0 Å². The summed E-state index contributed by atoms with van der Waals surface area (Å²) in [6, 6.07) is -0.0411. The first-order valence-electron chi connectivity index (χ1n) is 6.39. The Morgan fingerprint density at radius 3 is 2.47 bits per heavy atom. The molecule has 7 heteroatoms. The van der Waals surface area contributed by atoms with Crippen LogP contribution in [0.4, 0.5) is 9.59 Å². The molecule has 6 nitrogen and oxygen atoms in total. The maximum atomic E-state index is 11.6. The van der Waals surface area contributed by atoms with E-state index in [0.29, 0.717) is 6.61 Å². The van der Waals surface area contributed by atoms with Gasteiger partial charge in [-0.2, -0.15) is 0 Å². The molecule has 0 spiro atoms. The first-order valence-corrected chi connectivity index (χ1v) is 7.47. The van der Waals surface area contributed by atoms with E-state index in [1.165, 1.54) is 0 Å². The predicted octanol–water partition coefficient (Wildman–Crippen LogP) is 2.03. The fraction of sp³-hybridized carbons (Fsp3) is 0.833. The molecule has 0 radical (unpaired) electrons. The molecule has 1 heterocycles. The molecule has 0 aromatic rings. The number of ether oxygens (including phenoxy) is 2. The SMILES string of the molecule is CNC(=O)P[C@@H]1CC[C@@H](NC(=O)OC(C)(C)C)CO1. The van der Waals surface area contributed by atoms with Crippen molar-refractivity contribution in [2.75, 3.05) is 13.7 Å². The van der Waals surface area contributed by atoms with Crippen LogP contribution in [0.3, 0.4) is 0 Å². The number of hydrogen-bond acceptors (Lipinski definition) is 4. The number of rotatable bonds is 3. The van der Waals surface area contributed by atoms with E-state index in [0.717, 1.165) is 12.8 Å². The van der Waals surface area contributed by atoms with Gasteiger partial charge in [-0.3, -0.25) is 4.79 Å². The smallest absolute Gasteiger partial charge is 0.407 e. The zero-order valence-corrected chi connectivity index (χ0v) is 12.9. The van der Waals surface area contributed by atoms with Crippen molar-refractivity contribution in [2.45, 2.75) is 51.1 Å². The molecule has 0 saturated carbocycles. The maximum absolute atomic E-state index is 11.6. The van der Waals surface area contributed by atoms with E-state index < -0.39 is 11.7 Å². The predicted molar refractivity (Wildman–Crippen MR) is 74.9 cm³/mol. The summed E-state index contributed by atoms with van der Waals surface area (Å²) in [6.45, 7) is 5.90. The normalized spacial score (nSPS) is 24.2. The topological polar surface area (TPSA) is 76.7 Å². The van der Waals surface area contributed by atoms with Crippen LogP contribution < -0.4 is 10.6 Å². The van der Waals surface area contributed by atoms with Gasteiger partial charge in [-0.15, -0.1) is 0 Å². The molecule has 0 bridgehead atoms. The number of nitrogens with one attached hydrogen (secondary N) is 2. The van der Waals surface area contributed by atoms with Crippen LogP contribution >= 0.6 is 8.58 Å². The van der Waals surface area contributed by atoms with Gasteiger partial charge in [0.15, 0.2) is 0 Å². The highest BCUT2D eigenvalue weighted by atomic mass is 31.1. The number of carbonyl (C=O) groups is 2. The molecule has 1 unspecified atom stereocenters. The van der Waals surface area contributed by atoms with Gasteiger partial charge in [-0.1, -0.05) is 0 Å². The molecule has 1 saturated heterocycles. The lowest BCUT2D eigenvalue weighted by atomic mass is 10.1. The fourth-order valence-corrected chi connectivity index (χ4v) is 2.60. The van der Waals surface area contributed by atoms with Gasteiger partial charge >= 0.3 is 6.09 Å². The Morgan fingerprint density at radius 1 is 1.32 bits per heavy atom. The summed E-state index contributed by atoms with van der Waals surface area (Å²) in [6.07, 6.45) is 1.15. The summed E-state index contributed by atoms with van der Waals surface area (Å²) in [5.74, 6) is -0.0309. The van der Waals surface area contributed by atoms with E-state index in [9.17, 15) is 9.59 Å². The second-order valence-electron chi connectivity index (χ2n) is 5.47. The Kier molecular flexibility index (Phi) is 6.01. The lowest BCUT2D eigenvalue weighted by Gasteiger charge is -2.30. The van der Waals surface area contributed by atoms with Crippen molar-refractivity contribution in [3.05, 3.63) is 0 Å². The van der Waals surface area contributed by atoms with Crippen molar-refractivity contribution in [1.29, 1.82) is 0 Å². The monoisotopic (exact) mass is 290 g/mol. The van der Waals surface area contributed by atoms with Crippen LogP contribution in [0.1, 0.15) is 33.6 Å². The lowest BCUT2D eigenvalue weighted by molar-refractivity contribution is 0.0260. The summed E-state index contributed by atoms with van der Waals surface area (Å²) in [4.78, 5) is 22.8. The first-order chi connectivity index (χ1) is 8.80. The summed E-state index contributed by atoms with van der Waals surface area (Å²) in [5, 5.41) is 5.36. The van der Waals surface area contributed by atoms with Crippen LogP contribution in [0.15, 0.2) is 0 Å². The summed E-state index contributed by atoms with van der Waals surface area (Å²) >= 11 is 0. The molecule has 1 fully saturated rings. The zero-order valence-electron chi connectivity index (χ0n) is 11.9. The van der Waals surface area contributed by atoms with Crippen molar-refractivity contribution >= 4 is 20.3 Å². The van der Waals surface area contributed by atoms with Gasteiger partial charge in [0.25, 0.3) is 0 Å². The van der Waals surface area contributed by atoms with Crippen molar-refractivity contribution < 1.29 is 19.1 Å².